The molecule has 2 aromatic rings. The number of halogens is 1. The van der Waals surface area contributed by atoms with Crippen LogP contribution in [0.1, 0.15) is 37.3 Å². The minimum absolute atomic E-state index is 0.00279. The van der Waals surface area contributed by atoms with Gasteiger partial charge in [-0.15, -0.1) is 0 Å². The number of carboxylic acids is 2. The van der Waals surface area contributed by atoms with Gasteiger partial charge in [0.15, 0.2) is 0 Å². The van der Waals surface area contributed by atoms with Crippen LogP contribution in [0.3, 0.4) is 0 Å². The van der Waals surface area contributed by atoms with Crippen molar-refractivity contribution in [2.24, 2.45) is 0 Å². The Kier molecular flexibility index (Phi) is 5.44. The van der Waals surface area contributed by atoms with Crippen molar-refractivity contribution in [3.8, 4) is 0 Å². The monoisotopic (exact) mass is 408 g/mol. The first-order valence-electron chi connectivity index (χ1n) is 8.44. The summed E-state index contributed by atoms with van der Waals surface area (Å²) in [5, 5.41) is 19.7. The summed E-state index contributed by atoms with van der Waals surface area (Å²) >= 11 is 3.44. The fourth-order valence-corrected chi connectivity index (χ4v) is 3.92. The maximum Gasteiger partial charge on any atom is 0.325 e. The van der Waals surface area contributed by atoms with Crippen LogP contribution in [0.15, 0.2) is 28.9 Å². The van der Waals surface area contributed by atoms with Crippen molar-refractivity contribution in [2.45, 2.75) is 38.3 Å². The summed E-state index contributed by atoms with van der Waals surface area (Å²) in [4.78, 5) is 25.0. The Labute approximate surface area is 154 Å². The minimum Gasteiger partial charge on any atom is -0.481 e. The van der Waals surface area contributed by atoms with Crippen molar-refractivity contribution < 1.29 is 19.8 Å². The smallest absolute Gasteiger partial charge is 0.325 e. The fraction of sp³-hybridized carbons (Fsp3) is 0.444. The summed E-state index contributed by atoms with van der Waals surface area (Å²) in [7, 11) is 0. The van der Waals surface area contributed by atoms with Crippen LogP contribution < -0.4 is 0 Å². The molecular formula is C18H21BrN2O4. The van der Waals surface area contributed by atoms with Crippen LogP contribution in [0.5, 0.6) is 0 Å². The lowest BCUT2D eigenvalue weighted by Gasteiger charge is -2.31. The first-order valence-corrected chi connectivity index (χ1v) is 9.23. The van der Waals surface area contributed by atoms with Crippen LogP contribution in [0.2, 0.25) is 0 Å². The van der Waals surface area contributed by atoms with Gasteiger partial charge in [0.25, 0.3) is 0 Å². The molecule has 1 aromatic carbocycles. The summed E-state index contributed by atoms with van der Waals surface area (Å²) in [6.45, 7) is 1.86. The third-order valence-corrected chi connectivity index (χ3v) is 5.22. The molecular weight excluding hydrogens is 388 g/mol. The van der Waals surface area contributed by atoms with Crippen LogP contribution >= 0.6 is 15.9 Å². The highest BCUT2D eigenvalue weighted by Gasteiger charge is 2.31. The molecule has 1 saturated heterocycles. The predicted molar refractivity (Wildman–Crippen MR) is 97.7 cm³/mol. The average Bonchev–Trinajstić information content (AvgIpc) is 2.91. The number of piperidine rings is 1. The lowest BCUT2D eigenvalue weighted by atomic mass is 10.0. The molecule has 1 aliphatic rings. The number of carboxylic acid groups (broad SMARTS) is 2. The second kappa shape index (κ2) is 7.58. The van der Waals surface area contributed by atoms with E-state index in [1.54, 1.807) is 0 Å². The molecule has 1 fully saturated rings. The number of aromatic nitrogens is 1. The van der Waals surface area contributed by atoms with Crippen molar-refractivity contribution in [2.75, 3.05) is 13.1 Å². The number of likely N-dealkylation sites (tertiary alicyclic amines) is 1. The van der Waals surface area contributed by atoms with E-state index in [9.17, 15) is 14.7 Å². The first-order chi connectivity index (χ1) is 12.0. The molecule has 25 heavy (non-hydrogen) atoms. The molecule has 0 saturated carbocycles. The van der Waals surface area contributed by atoms with Gasteiger partial charge in [0.05, 0.1) is 6.42 Å². The summed E-state index contributed by atoms with van der Waals surface area (Å²) in [6, 6.07) is 5.01. The van der Waals surface area contributed by atoms with Crippen molar-refractivity contribution in [3.63, 3.8) is 0 Å². The molecule has 6 nitrogen and oxygen atoms in total. The molecule has 0 spiro atoms. The number of nitrogens with zero attached hydrogens (tertiary/aromatic N) is 2. The summed E-state index contributed by atoms with van der Waals surface area (Å²) < 4.78 is 2.73. The Hall–Kier alpha value is -1.86. The molecule has 1 aliphatic heterocycles. The molecule has 1 unspecified atom stereocenters. The number of carbonyl (C=O) groups is 2. The van der Waals surface area contributed by atoms with Crippen LogP contribution in [-0.2, 0) is 16.1 Å². The highest BCUT2D eigenvalue weighted by Crippen LogP contribution is 2.33. The number of aryl methyl sites for hydroxylation is 1. The SMILES string of the molecule is O=C(O)CCn1cc(C(C(=O)O)N2CCCCC2)c2ccc(Br)cc21. The molecule has 2 N–H and O–H groups in total. The predicted octanol–water partition coefficient (Wildman–Crippen LogP) is 3.49. The van der Waals surface area contributed by atoms with Crippen LogP contribution in [-0.4, -0.2) is 44.7 Å². The lowest BCUT2D eigenvalue weighted by molar-refractivity contribution is -0.144. The summed E-state index contributed by atoms with van der Waals surface area (Å²) in [5.41, 5.74) is 1.59. The van der Waals surface area contributed by atoms with Crippen LogP contribution in [0.4, 0.5) is 0 Å². The standard InChI is InChI=1S/C18H21BrN2O4/c19-12-4-5-13-14(11-21(15(13)10-12)9-6-16(22)23)17(18(24)25)20-7-2-1-3-8-20/h4-5,10-11,17H,1-3,6-9H2,(H,22,23)(H,24,25). The Morgan fingerprint density at radius 3 is 2.52 bits per heavy atom. The highest BCUT2D eigenvalue weighted by molar-refractivity contribution is 9.10. The third-order valence-electron chi connectivity index (χ3n) is 4.73. The Morgan fingerprint density at radius 2 is 1.88 bits per heavy atom. The Bertz CT molecular complexity index is 796. The average molecular weight is 409 g/mol. The van der Waals surface area contributed by atoms with Crippen LogP contribution in [0, 0.1) is 0 Å². The molecule has 3 rings (SSSR count). The molecule has 0 aliphatic carbocycles. The van der Waals surface area contributed by atoms with Gasteiger partial charge in [0.1, 0.15) is 6.04 Å². The second-order valence-corrected chi connectivity index (χ2v) is 7.34. The van der Waals surface area contributed by atoms with Gasteiger partial charge in [0.2, 0.25) is 0 Å². The largest absolute Gasteiger partial charge is 0.481 e. The molecule has 7 heteroatoms. The Morgan fingerprint density at radius 1 is 1.16 bits per heavy atom. The second-order valence-electron chi connectivity index (χ2n) is 6.42. The molecule has 1 atom stereocenters. The maximum atomic E-state index is 12.0. The summed E-state index contributed by atoms with van der Waals surface area (Å²) in [5.74, 6) is -1.73. The number of rotatable bonds is 6. The van der Waals surface area contributed by atoms with Crippen molar-refractivity contribution in [1.82, 2.24) is 9.47 Å². The quantitative estimate of drug-likeness (QED) is 0.763. The van der Waals surface area contributed by atoms with E-state index < -0.39 is 18.0 Å². The number of hydrogen-bond acceptors (Lipinski definition) is 3. The zero-order chi connectivity index (χ0) is 18.0. The van der Waals surface area contributed by atoms with Gasteiger partial charge >= 0.3 is 11.9 Å². The van der Waals surface area contributed by atoms with Gasteiger partial charge in [-0.2, -0.15) is 0 Å². The van der Waals surface area contributed by atoms with Gasteiger partial charge < -0.3 is 14.8 Å². The van der Waals surface area contributed by atoms with E-state index in [4.69, 9.17) is 5.11 Å². The zero-order valence-corrected chi connectivity index (χ0v) is 15.4. The number of benzene rings is 1. The van der Waals surface area contributed by atoms with E-state index in [2.05, 4.69) is 15.9 Å². The number of fused-ring (bicyclic) bond motifs is 1. The molecule has 0 radical (unpaired) electrons. The van der Waals surface area contributed by atoms with Gasteiger partial charge in [-0.3, -0.25) is 14.5 Å². The Balaban J connectivity index is 2.06. The number of aliphatic carboxylic acids is 2. The van der Waals surface area contributed by atoms with E-state index in [0.717, 1.165) is 53.3 Å². The molecule has 134 valence electrons. The summed E-state index contributed by atoms with van der Waals surface area (Å²) in [6.07, 6.45) is 4.96. The normalized spacial score (nSPS) is 16.8. The van der Waals surface area contributed by atoms with Crippen molar-refractivity contribution >= 4 is 38.8 Å². The van der Waals surface area contributed by atoms with Crippen LogP contribution in [0.25, 0.3) is 10.9 Å². The molecule has 0 amide bonds. The number of hydrogen-bond donors (Lipinski definition) is 2. The van der Waals surface area contributed by atoms with Gasteiger partial charge in [-0.25, -0.2) is 0 Å². The van der Waals surface area contributed by atoms with E-state index >= 15 is 0 Å². The van der Waals surface area contributed by atoms with E-state index in [0.29, 0.717) is 6.54 Å². The maximum absolute atomic E-state index is 12.0. The van der Waals surface area contributed by atoms with Crippen molar-refractivity contribution in [3.05, 3.63) is 34.4 Å². The highest BCUT2D eigenvalue weighted by atomic mass is 79.9. The molecule has 1 aromatic heterocycles. The fourth-order valence-electron chi connectivity index (χ4n) is 3.57. The van der Waals surface area contributed by atoms with E-state index in [-0.39, 0.29) is 6.42 Å². The van der Waals surface area contributed by atoms with E-state index in [1.165, 1.54) is 0 Å². The van der Waals surface area contributed by atoms with Crippen molar-refractivity contribution in [1.29, 1.82) is 0 Å². The van der Waals surface area contributed by atoms with Gasteiger partial charge in [0, 0.05) is 33.7 Å². The lowest BCUT2D eigenvalue weighted by Crippen LogP contribution is -2.37. The minimum atomic E-state index is -0.871. The molecule has 2 heterocycles. The van der Waals surface area contributed by atoms with Gasteiger partial charge in [-0.05, 0) is 38.1 Å². The van der Waals surface area contributed by atoms with E-state index in [1.807, 2.05) is 33.9 Å². The zero-order valence-electron chi connectivity index (χ0n) is 13.8. The molecule has 0 bridgehead atoms. The van der Waals surface area contributed by atoms with Gasteiger partial charge in [-0.1, -0.05) is 28.4 Å². The first kappa shape index (κ1) is 17.9. The topological polar surface area (TPSA) is 82.8 Å². The third kappa shape index (κ3) is 3.88.